The van der Waals surface area contributed by atoms with Crippen molar-refractivity contribution < 1.29 is 32.9 Å². The van der Waals surface area contributed by atoms with Crippen molar-refractivity contribution >= 4 is 72.6 Å². The van der Waals surface area contributed by atoms with Crippen LogP contribution in [0.1, 0.15) is 57.0 Å². The van der Waals surface area contributed by atoms with E-state index in [4.69, 9.17) is 9.47 Å². The van der Waals surface area contributed by atoms with Crippen molar-refractivity contribution in [3.63, 3.8) is 0 Å². The molecule has 3 atom stereocenters. The lowest BCUT2D eigenvalue weighted by molar-refractivity contribution is -0.154. The predicted octanol–water partition coefficient (Wildman–Crippen LogP) is 5.68. The highest BCUT2D eigenvalue weighted by atomic mass is 79.9. The Kier molecular flexibility index (Phi) is 11.0. The molecule has 48 heavy (non-hydrogen) atoms. The molecule has 2 N–H and O–H groups in total. The van der Waals surface area contributed by atoms with E-state index >= 15 is 0 Å². The Morgan fingerprint density at radius 1 is 1.10 bits per heavy atom. The Morgan fingerprint density at radius 2 is 1.73 bits per heavy atom. The maximum Gasteiger partial charge on any atom is 0.413 e. The molecule has 1 unspecified atom stereocenters. The molecule has 2 aromatic carbocycles. The van der Waals surface area contributed by atoms with Crippen LogP contribution >= 0.6 is 27.3 Å². The number of anilines is 1. The molecule has 1 fully saturated rings. The summed E-state index contributed by atoms with van der Waals surface area (Å²) in [7, 11) is -1.62. The fourth-order valence-corrected chi connectivity index (χ4v) is 8.38. The van der Waals surface area contributed by atoms with Gasteiger partial charge in [0.05, 0.1) is 27.8 Å². The van der Waals surface area contributed by atoms with Gasteiger partial charge >= 0.3 is 12.1 Å². The van der Waals surface area contributed by atoms with Gasteiger partial charge in [0.25, 0.3) is 11.8 Å². The number of rotatable bonds is 10. The molecule has 0 spiro atoms. The second-order valence-corrected chi connectivity index (χ2v) is 14.9. The molecular formula is C34H35BrN4O7S2. The van der Waals surface area contributed by atoms with E-state index in [1.54, 1.807) is 32.2 Å². The molecule has 3 aromatic rings. The molecule has 5 rings (SSSR count). The molecular weight excluding hydrogens is 720 g/mol. The lowest BCUT2D eigenvalue weighted by Gasteiger charge is -2.49. The maximum atomic E-state index is 13.9. The zero-order chi connectivity index (χ0) is 34.6. The molecule has 1 saturated heterocycles. The van der Waals surface area contributed by atoms with E-state index < -0.39 is 57.8 Å². The van der Waals surface area contributed by atoms with Crippen LogP contribution in [-0.4, -0.2) is 66.1 Å². The van der Waals surface area contributed by atoms with Crippen molar-refractivity contribution in [2.75, 3.05) is 16.4 Å². The van der Waals surface area contributed by atoms with E-state index in [9.17, 15) is 23.4 Å². The summed E-state index contributed by atoms with van der Waals surface area (Å²) in [6, 6.07) is 17.4. The first-order valence-corrected chi connectivity index (χ1v) is 18.6. The van der Waals surface area contributed by atoms with Gasteiger partial charge in [-0.05, 0) is 43.9 Å². The number of alkyl halides is 1. The number of hydrogen-bond acceptors (Lipinski definition) is 9. The number of nitrogens with zero attached hydrogens (tertiary/aromatic N) is 2. The van der Waals surface area contributed by atoms with E-state index in [0.29, 0.717) is 12.0 Å². The molecule has 2 aliphatic rings. The summed E-state index contributed by atoms with van der Waals surface area (Å²) in [6.45, 7) is 7.06. The maximum absolute atomic E-state index is 13.9. The first-order chi connectivity index (χ1) is 22.9. The van der Waals surface area contributed by atoms with Crippen LogP contribution in [0.3, 0.4) is 0 Å². The highest BCUT2D eigenvalue weighted by molar-refractivity contribution is 9.09. The summed E-state index contributed by atoms with van der Waals surface area (Å²) in [6.07, 6.45) is 0.695. The van der Waals surface area contributed by atoms with E-state index in [1.807, 2.05) is 67.6 Å². The van der Waals surface area contributed by atoms with Crippen LogP contribution < -0.4 is 10.6 Å². The minimum atomic E-state index is -1.62. The van der Waals surface area contributed by atoms with E-state index in [0.717, 1.165) is 22.5 Å². The SMILES string of the molecule is CC/C=C(\C(=O)N[C@@H]1C(=O)N2C(C(=O)OC(c3ccccc3)c3ccccc3)=C(CBr)CS(=O)[C@@H]12)c1csc(NC(=O)OC(C)(C)C)n1. The minimum absolute atomic E-state index is 0.0152. The second-order valence-electron chi connectivity index (χ2n) is 12.0. The Labute approximate surface area is 293 Å². The van der Waals surface area contributed by atoms with Crippen LogP contribution in [0.2, 0.25) is 0 Å². The van der Waals surface area contributed by atoms with Crippen LogP contribution in [0.5, 0.6) is 0 Å². The fourth-order valence-electron chi connectivity index (χ4n) is 5.27. The predicted molar refractivity (Wildman–Crippen MR) is 187 cm³/mol. The Balaban J connectivity index is 1.34. The highest BCUT2D eigenvalue weighted by Crippen LogP contribution is 2.38. The number of benzene rings is 2. The summed E-state index contributed by atoms with van der Waals surface area (Å²) in [5.74, 6) is -1.90. The van der Waals surface area contributed by atoms with Crippen LogP contribution in [0, 0.1) is 0 Å². The van der Waals surface area contributed by atoms with Gasteiger partial charge < -0.3 is 14.8 Å². The highest BCUT2D eigenvalue weighted by Gasteiger charge is 2.57. The summed E-state index contributed by atoms with van der Waals surface area (Å²) in [4.78, 5) is 58.9. The third-order valence-corrected chi connectivity index (χ3v) is 10.4. The van der Waals surface area contributed by atoms with Crippen LogP contribution in [0.15, 0.2) is 83.4 Å². The molecule has 0 saturated carbocycles. The molecule has 252 valence electrons. The number of fused-ring (bicyclic) bond motifs is 1. The molecule has 14 heteroatoms. The lowest BCUT2D eigenvalue weighted by Crippen LogP contribution is -2.73. The van der Waals surface area contributed by atoms with Gasteiger partial charge in [0, 0.05) is 10.7 Å². The average molecular weight is 756 g/mol. The standard InChI is InChI=1S/C34H35BrN4O7S2/c1-5-12-23(24-18-47-32(36-24)38-33(43)46-34(2,3)4)28(40)37-25-29(41)39-26(22(17-35)19-48(44)30(25)39)31(42)45-27(20-13-8-6-9-14-20)21-15-10-7-11-16-21/h6-16,18,25,27,30H,5,17,19H2,1-4H3,(H,37,40)(H,36,38,43)/b23-12-/t25-,30+,48?/m1/s1. The molecule has 0 bridgehead atoms. The first kappa shape index (κ1) is 35.2. The number of β-lactam (4-membered cyclic amide) rings is 1. The Bertz CT molecular complexity index is 1750. The van der Waals surface area contributed by atoms with E-state index in [-0.39, 0.29) is 33.2 Å². The van der Waals surface area contributed by atoms with Gasteiger partial charge in [0.15, 0.2) is 11.2 Å². The number of halogens is 1. The molecule has 1 aromatic heterocycles. The van der Waals surface area contributed by atoms with Gasteiger partial charge in [-0.15, -0.1) is 11.3 Å². The number of carbonyl (C=O) groups excluding carboxylic acids is 4. The average Bonchev–Trinajstić information content (AvgIpc) is 3.51. The third kappa shape index (κ3) is 7.77. The lowest BCUT2D eigenvalue weighted by atomic mass is 10.0. The first-order valence-electron chi connectivity index (χ1n) is 15.2. The number of thiazole rings is 1. The van der Waals surface area contributed by atoms with Crippen molar-refractivity contribution in [2.45, 2.75) is 57.2 Å². The number of hydrogen-bond donors (Lipinski definition) is 2. The molecule has 2 aliphatic heterocycles. The number of esters is 1. The smallest absolute Gasteiger partial charge is 0.413 e. The fraction of sp³-hybridized carbons (Fsp3) is 0.324. The monoisotopic (exact) mass is 754 g/mol. The Morgan fingerprint density at radius 3 is 2.29 bits per heavy atom. The molecule has 3 heterocycles. The summed E-state index contributed by atoms with van der Waals surface area (Å²) in [5.41, 5.74) is 1.75. The minimum Gasteiger partial charge on any atom is -0.448 e. The number of aromatic nitrogens is 1. The molecule has 0 radical (unpaired) electrons. The second kappa shape index (κ2) is 15.0. The summed E-state index contributed by atoms with van der Waals surface area (Å²) < 4.78 is 24.8. The number of amides is 3. The molecule has 11 nitrogen and oxygen atoms in total. The van der Waals surface area contributed by atoms with E-state index in [1.165, 1.54) is 4.90 Å². The topological polar surface area (TPSA) is 144 Å². The van der Waals surface area contributed by atoms with Gasteiger partial charge in [-0.3, -0.25) is 24.0 Å². The summed E-state index contributed by atoms with van der Waals surface area (Å²) in [5, 5.41) is 6.35. The van der Waals surface area contributed by atoms with Crippen molar-refractivity contribution in [2.24, 2.45) is 0 Å². The van der Waals surface area contributed by atoms with E-state index in [2.05, 4.69) is 31.5 Å². The zero-order valence-electron chi connectivity index (χ0n) is 26.7. The van der Waals surface area contributed by atoms with Gasteiger partial charge in [-0.1, -0.05) is 89.6 Å². The Hall–Kier alpha value is -4.14. The largest absolute Gasteiger partial charge is 0.448 e. The molecule has 0 aliphatic carbocycles. The third-order valence-electron chi connectivity index (χ3n) is 7.32. The molecule has 3 amide bonds. The number of ether oxygens (including phenoxy) is 2. The van der Waals surface area contributed by atoms with Gasteiger partial charge in [-0.2, -0.15) is 0 Å². The van der Waals surface area contributed by atoms with Gasteiger partial charge in [-0.25, -0.2) is 14.6 Å². The van der Waals surface area contributed by atoms with Crippen molar-refractivity contribution in [3.05, 3.63) is 100 Å². The van der Waals surface area contributed by atoms with Crippen molar-refractivity contribution in [1.29, 1.82) is 0 Å². The van der Waals surface area contributed by atoms with Crippen LogP contribution in [0.25, 0.3) is 5.57 Å². The summed E-state index contributed by atoms with van der Waals surface area (Å²) >= 11 is 4.50. The van der Waals surface area contributed by atoms with Crippen LogP contribution in [-0.2, 0) is 34.7 Å². The normalized spacial score (nSPS) is 19.4. The zero-order valence-corrected chi connectivity index (χ0v) is 29.9. The van der Waals surface area contributed by atoms with Gasteiger partial charge in [0.1, 0.15) is 22.7 Å². The van der Waals surface area contributed by atoms with Crippen LogP contribution in [0.4, 0.5) is 9.93 Å². The van der Waals surface area contributed by atoms with Crippen molar-refractivity contribution in [3.8, 4) is 0 Å². The van der Waals surface area contributed by atoms with Gasteiger partial charge in [0.2, 0.25) is 0 Å². The quantitative estimate of drug-likeness (QED) is 0.117. The number of carbonyl (C=O) groups is 4. The number of allylic oxidation sites excluding steroid dienone is 1. The van der Waals surface area contributed by atoms with Crippen molar-refractivity contribution in [1.82, 2.24) is 15.2 Å². The number of nitrogens with one attached hydrogen (secondary N) is 2.